The van der Waals surface area contributed by atoms with Crippen LogP contribution in [0.1, 0.15) is 51.4 Å². The molecule has 0 aromatic heterocycles. The van der Waals surface area contributed by atoms with Crippen LogP contribution in [0.5, 0.6) is 0 Å². The van der Waals surface area contributed by atoms with Crippen molar-refractivity contribution in [1.82, 2.24) is 5.32 Å². The highest BCUT2D eigenvalue weighted by molar-refractivity contribution is 4.99. The fourth-order valence-electron chi connectivity index (χ4n) is 3.49. The van der Waals surface area contributed by atoms with Crippen molar-refractivity contribution in [2.24, 2.45) is 5.41 Å². The zero-order valence-corrected chi connectivity index (χ0v) is 11.7. The third-order valence-electron chi connectivity index (χ3n) is 5.32. The summed E-state index contributed by atoms with van der Waals surface area (Å²) in [5.41, 5.74) is 0.847. The average Bonchev–Trinajstić information content (AvgIpc) is 3.13. The van der Waals surface area contributed by atoms with Gasteiger partial charge in [-0.15, -0.1) is 0 Å². The van der Waals surface area contributed by atoms with Crippen molar-refractivity contribution < 1.29 is 9.47 Å². The van der Waals surface area contributed by atoms with E-state index in [9.17, 15) is 0 Å². The van der Waals surface area contributed by atoms with Gasteiger partial charge in [-0.2, -0.15) is 0 Å². The van der Waals surface area contributed by atoms with Crippen LogP contribution in [0, 0.1) is 5.41 Å². The molecule has 0 aromatic rings. The quantitative estimate of drug-likeness (QED) is 0.789. The lowest BCUT2D eigenvalue weighted by Crippen LogP contribution is -2.51. The molecule has 3 heteroatoms. The second-order valence-electron chi connectivity index (χ2n) is 6.70. The van der Waals surface area contributed by atoms with Gasteiger partial charge < -0.3 is 14.8 Å². The van der Waals surface area contributed by atoms with E-state index in [2.05, 4.69) is 5.32 Å². The zero-order valence-electron chi connectivity index (χ0n) is 11.7. The summed E-state index contributed by atoms with van der Waals surface area (Å²) in [6, 6.07) is 0.694. The highest BCUT2D eigenvalue weighted by Crippen LogP contribution is 2.48. The van der Waals surface area contributed by atoms with Crippen molar-refractivity contribution in [3.05, 3.63) is 0 Å². The van der Waals surface area contributed by atoms with Crippen molar-refractivity contribution >= 4 is 0 Å². The highest BCUT2D eigenvalue weighted by atomic mass is 16.5. The number of rotatable bonds is 6. The summed E-state index contributed by atoms with van der Waals surface area (Å²) in [5, 5.41) is 3.82. The largest absolute Gasteiger partial charge is 0.385 e. The van der Waals surface area contributed by atoms with Crippen LogP contribution in [-0.4, -0.2) is 38.5 Å². The lowest BCUT2D eigenvalue weighted by Gasteiger charge is -2.47. The number of ether oxygens (including phenoxy) is 2. The monoisotopic (exact) mass is 253 g/mol. The smallest absolute Gasteiger partial charge is 0.0697 e. The van der Waals surface area contributed by atoms with E-state index in [4.69, 9.17) is 9.47 Å². The van der Waals surface area contributed by atoms with E-state index in [1.54, 1.807) is 0 Å². The predicted molar refractivity (Wildman–Crippen MR) is 71.7 cm³/mol. The van der Waals surface area contributed by atoms with E-state index in [1.165, 1.54) is 57.9 Å². The second kappa shape index (κ2) is 5.10. The fraction of sp³-hybridized carbons (Fsp3) is 1.00. The first-order valence-corrected chi connectivity index (χ1v) is 7.62. The molecular weight excluding hydrogens is 226 g/mol. The Kier molecular flexibility index (Phi) is 3.65. The Bertz CT molecular complexity index is 284. The molecule has 18 heavy (non-hydrogen) atoms. The first-order valence-electron chi connectivity index (χ1n) is 7.62. The summed E-state index contributed by atoms with van der Waals surface area (Å²) in [7, 11) is 1.81. The van der Waals surface area contributed by atoms with Gasteiger partial charge in [0.2, 0.25) is 0 Å². The van der Waals surface area contributed by atoms with Crippen LogP contribution in [0.15, 0.2) is 0 Å². The number of hydrogen-bond donors (Lipinski definition) is 1. The molecule has 2 aliphatic carbocycles. The third kappa shape index (κ3) is 2.73. The Balaban J connectivity index is 1.42. The molecule has 2 saturated carbocycles. The standard InChI is InChI=1S/C15H27NO2/c1-17-10-8-14(6-7-14)12-16-13-3-9-18-15(11-13)4-2-5-15/h13,16H,2-12H2,1H3. The predicted octanol–water partition coefficient (Wildman–Crippen LogP) is 2.49. The summed E-state index contributed by atoms with van der Waals surface area (Å²) in [6.07, 6.45) is 10.4. The lowest BCUT2D eigenvalue weighted by atomic mass is 9.74. The summed E-state index contributed by atoms with van der Waals surface area (Å²) >= 11 is 0. The van der Waals surface area contributed by atoms with Gasteiger partial charge in [-0.25, -0.2) is 0 Å². The number of methoxy groups -OCH3 is 1. The minimum atomic E-state index is 0.277. The molecule has 1 heterocycles. The van der Waals surface area contributed by atoms with Crippen molar-refractivity contribution in [1.29, 1.82) is 0 Å². The van der Waals surface area contributed by atoms with Gasteiger partial charge in [0.25, 0.3) is 0 Å². The fourth-order valence-corrected chi connectivity index (χ4v) is 3.49. The number of nitrogens with one attached hydrogen (secondary N) is 1. The molecule has 0 amide bonds. The minimum Gasteiger partial charge on any atom is -0.385 e. The zero-order chi connectivity index (χ0) is 12.5. The SMILES string of the molecule is COCCC1(CNC2CCOC3(CCC3)C2)CC1. The van der Waals surface area contributed by atoms with Crippen LogP contribution in [0.25, 0.3) is 0 Å². The molecule has 0 bridgehead atoms. The molecule has 3 rings (SSSR count). The third-order valence-corrected chi connectivity index (χ3v) is 5.32. The lowest BCUT2D eigenvalue weighted by molar-refractivity contribution is -0.135. The molecule has 1 aliphatic heterocycles. The first kappa shape index (κ1) is 12.9. The normalized spacial score (nSPS) is 32.2. The molecule has 3 aliphatic rings. The van der Waals surface area contributed by atoms with E-state index >= 15 is 0 Å². The van der Waals surface area contributed by atoms with Gasteiger partial charge in [0.05, 0.1) is 5.60 Å². The topological polar surface area (TPSA) is 30.5 Å². The Morgan fingerprint density at radius 3 is 2.72 bits per heavy atom. The molecule has 1 unspecified atom stereocenters. The Hall–Kier alpha value is -0.120. The molecule has 1 N–H and O–H groups in total. The van der Waals surface area contributed by atoms with Crippen molar-refractivity contribution in [3.8, 4) is 0 Å². The van der Waals surface area contributed by atoms with Gasteiger partial charge in [0.15, 0.2) is 0 Å². The summed E-state index contributed by atoms with van der Waals surface area (Å²) in [5.74, 6) is 0. The highest BCUT2D eigenvalue weighted by Gasteiger charge is 2.45. The van der Waals surface area contributed by atoms with Gasteiger partial charge >= 0.3 is 0 Å². The van der Waals surface area contributed by atoms with Gasteiger partial charge in [-0.3, -0.25) is 0 Å². The van der Waals surface area contributed by atoms with Gasteiger partial charge in [-0.05, 0) is 56.8 Å². The molecule has 1 spiro atoms. The van der Waals surface area contributed by atoms with Crippen LogP contribution >= 0.6 is 0 Å². The average molecular weight is 253 g/mol. The maximum absolute atomic E-state index is 5.98. The molecule has 1 atom stereocenters. The van der Waals surface area contributed by atoms with Crippen molar-refractivity contribution in [3.63, 3.8) is 0 Å². The van der Waals surface area contributed by atoms with E-state index < -0.39 is 0 Å². The van der Waals surface area contributed by atoms with Crippen molar-refractivity contribution in [2.45, 2.75) is 63.0 Å². The maximum Gasteiger partial charge on any atom is 0.0697 e. The number of hydrogen-bond acceptors (Lipinski definition) is 3. The summed E-state index contributed by atoms with van der Waals surface area (Å²) in [4.78, 5) is 0. The minimum absolute atomic E-state index is 0.277. The Morgan fingerprint density at radius 1 is 1.28 bits per heavy atom. The second-order valence-corrected chi connectivity index (χ2v) is 6.70. The Morgan fingerprint density at radius 2 is 2.11 bits per heavy atom. The van der Waals surface area contributed by atoms with E-state index in [0.29, 0.717) is 11.5 Å². The van der Waals surface area contributed by atoms with E-state index in [1.807, 2.05) is 7.11 Å². The van der Waals surface area contributed by atoms with E-state index in [0.717, 1.165) is 13.2 Å². The van der Waals surface area contributed by atoms with Crippen LogP contribution in [-0.2, 0) is 9.47 Å². The summed E-state index contributed by atoms with van der Waals surface area (Å²) < 4.78 is 11.2. The van der Waals surface area contributed by atoms with E-state index in [-0.39, 0.29) is 5.60 Å². The van der Waals surface area contributed by atoms with Crippen LogP contribution < -0.4 is 5.32 Å². The van der Waals surface area contributed by atoms with Crippen molar-refractivity contribution in [2.75, 3.05) is 26.9 Å². The first-order chi connectivity index (χ1) is 8.76. The van der Waals surface area contributed by atoms with Crippen LogP contribution in [0.4, 0.5) is 0 Å². The van der Waals surface area contributed by atoms with Gasteiger partial charge in [-0.1, -0.05) is 0 Å². The van der Waals surface area contributed by atoms with Crippen LogP contribution in [0.3, 0.4) is 0 Å². The van der Waals surface area contributed by atoms with Crippen LogP contribution in [0.2, 0.25) is 0 Å². The molecule has 3 fully saturated rings. The maximum atomic E-state index is 5.98. The van der Waals surface area contributed by atoms with Gasteiger partial charge in [0, 0.05) is 32.9 Å². The molecule has 104 valence electrons. The molecule has 3 nitrogen and oxygen atoms in total. The molecule has 0 aromatic carbocycles. The molecular formula is C15H27NO2. The van der Waals surface area contributed by atoms with Gasteiger partial charge in [0.1, 0.15) is 0 Å². The summed E-state index contributed by atoms with van der Waals surface area (Å²) in [6.45, 7) is 3.07. The Labute approximate surface area is 111 Å². The molecule has 1 saturated heterocycles. The molecule has 0 radical (unpaired) electrons.